The molecule has 3 heterocycles. The standard InChI is InChI=1S/C26H28FN5OS/c1-16-15-21(17(2)32(16)20-10-11-20)25-24(22-5-3-4-13-28-22)30-26(34)31(25)14-12-23(33)29-19-8-6-18(27)7-9-19/h3-9,13,15,20,24-25H,10-12,14H2,1-2H3,(H,29,33)(H,30,34)/t24-,25-/m1/s1. The van der Waals surface area contributed by atoms with Gasteiger partial charge >= 0.3 is 0 Å². The molecule has 2 aliphatic rings. The van der Waals surface area contributed by atoms with Crippen molar-refractivity contribution in [2.45, 2.75) is 51.2 Å². The van der Waals surface area contributed by atoms with Gasteiger partial charge in [-0.15, -0.1) is 0 Å². The van der Waals surface area contributed by atoms with Crippen molar-refractivity contribution in [2.24, 2.45) is 0 Å². The normalized spacial score (nSPS) is 19.9. The van der Waals surface area contributed by atoms with Gasteiger partial charge in [0.25, 0.3) is 0 Å². The number of benzene rings is 1. The van der Waals surface area contributed by atoms with E-state index >= 15 is 0 Å². The Morgan fingerprint density at radius 2 is 1.97 bits per heavy atom. The van der Waals surface area contributed by atoms with Crippen LogP contribution in [0.4, 0.5) is 10.1 Å². The number of nitrogens with one attached hydrogen (secondary N) is 2. The highest BCUT2D eigenvalue weighted by Crippen LogP contribution is 2.44. The lowest BCUT2D eigenvalue weighted by Crippen LogP contribution is -2.32. The van der Waals surface area contributed by atoms with Gasteiger partial charge in [-0.1, -0.05) is 6.07 Å². The smallest absolute Gasteiger partial charge is 0.226 e. The Kier molecular flexibility index (Phi) is 6.08. The van der Waals surface area contributed by atoms with Gasteiger partial charge < -0.3 is 20.1 Å². The maximum Gasteiger partial charge on any atom is 0.226 e. The molecule has 3 aromatic rings. The fourth-order valence-electron chi connectivity index (χ4n) is 4.96. The molecule has 0 unspecified atom stereocenters. The van der Waals surface area contributed by atoms with Crippen molar-refractivity contribution in [3.05, 3.63) is 83.2 Å². The number of halogens is 1. The average molecular weight is 478 g/mol. The van der Waals surface area contributed by atoms with Crippen LogP contribution in [0.3, 0.4) is 0 Å². The van der Waals surface area contributed by atoms with E-state index in [1.807, 2.05) is 18.2 Å². The number of carbonyl (C=O) groups is 1. The Balaban J connectivity index is 1.40. The minimum atomic E-state index is -0.335. The third-order valence-corrected chi connectivity index (χ3v) is 7.01. The second-order valence-corrected chi connectivity index (χ2v) is 9.44. The van der Waals surface area contributed by atoms with Gasteiger partial charge in [0.1, 0.15) is 5.82 Å². The van der Waals surface area contributed by atoms with Crippen LogP contribution in [-0.4, -0.2) is 32.0 Å². The first-order valence-corrected chi connectivity index (χ1v) is 12.0. The average Bonchev–Trinajstić information content (AvgIpc) is 3.54. The minimum absolute atomic E-state index is 0.0697. The second-order valence-electron chi connectivity index (χ2n) is 9.05. The van der Waals surface area contributed by atoms with E-state index < -0.39 is 0 Å². The summed E-state index contributed by atoms with van der Waals surface area (Å²) in [4.78, 5) is 19.4. The van der Waals surface area contributed by atoms with E-state index in [0.29, 0.717) is 23.4 Å². The lowest BCUT2D eigenvalue weighted by Gasteiger charge is -2.28. The summed E-state index contributed by atoms with van der Waals surface area (Å²) in [5.41, 5.74) is 5.21. The van der Waals surface area contributed by atoms with Crippen LogP contribution < -0.4 is 10.6 Å². The van der Waals surface area contributed by atoms with Crippen LogP contribution in [0.5, 0.6) is 0 Å². The summed E-state index contributed by atoms with van der Waals surface area (Å²) in [6.07, 6.45) is 4.48. The second kappa shape index (κ2) is 9.18. The third-order valence-electron chi connectivity index (χ3n) is 6.66. The molecule has 0 bridgehead atoms. The van der Waals surface area contributed by atoms with Crippen LogP contribution in [0, 0.1) is 19.7 Å². The van der Waals surface area contributed by atoms with Gasteiger partial charge in [-0.2, -0.15) is 0 Å². The van der Waals surface area contributed by atoms with Gasteiger partial charge in [0.15, 0.2) is 5.11 Å². The number of hydrogen-bond acceptors (Lipinski definition) is 3. The lowest BCUT2D eigenvalue weighted by molar-refractivity contribution is -0.116. The summed E-state index contributed by atoms with van der Waals surface area (Å²) >= 11 is 5.74. The largest absolute Gasteiger partial charge is 0.352 e. The first-order chi connectivity index (χ1) is 16.4. The molecule has 34 heavy (non-hydrogen) atoms. The van der Waals surface area contributed by atoms with Crippen molar-refractivity contribution >= 4 is 28.9 Å². The topological polar surface area (TPSA) is 62.2 Å². The van der Waals surface area contributed by atoms with Gasteiger partial charge in [-0.3, -0.25) is 9.78 Å². The predicted octanol–water partition coefficient (Wildman–Crippen LogP) is 4.98. The summed E-state index contributed by atoms with van der Waals surface area (Å²) < 4.78 is 15.6. The molecule has 0 radical (unpaired) electrons. The zero-order valence-corrected chi connectivity index (χ0v) is 20.1. The van der Waals surface area contributed by atoms with Crippen molar-refractivity contribution < 1.29 is 9.18 Å². The molecule has 8 heteroatoms. The summed E-state index contributed by atoms with van der Waals surface area (Å²) in [5, 5.41) is 6.92. The van der Waals surface area contributed by atoms with Crippen LogP contribution >= 0.6 is 12.2 Å². The third kappa shape index (κ3) is 4.42. The maximum absolute atomic E-state index is 13.2. The Hall–Kier alpha value is -3.26. The first-order valence-electron chi connectivity index (χ1n) is 11.6. The Morgan fingerprint density at radius 1 is 1.21 bits per heavy atom. The molecule has 2 N–H and O–H groups in total. The minimum Gasteiger partial charge on any atom is -0.352 e. The van der Waals surface area contributed by atoms with Crippen molar-refractivity contribution in [1.29, 1.82) is 0 Å². The van der Waals surface area contributed by atoms with E-state index in [1.54, 1.807) is 18.3 Å². The van der Waals surface area contributed by atoms with E-state index in [0.717, 1.165) is 5.69 Å². The number of pyridine rings is 1. The molecule has 6 nitrogen and oxygen atoms in total. The van der Waals surface area contributed by atoms with E-state index in [2.05, 4.69) is 45.0 Å². The highest BCUT2D eigenvalue weighted by molar-refractivity contribution is 7.80. The van der Waals surface area contributed by atoms with Crippen LogP contribution in [0.1, 0.15) is 60.0 Å². The number of carbonyl (C=O) groups excluding carboxylic acids is 1. The fourth-order valence-corrected chi connectivity index (χ4v) is 5.29. The molecular formula is C26H28FN5OS. The van der Waals surface area contributed by atoms with Crippen LogP contribution in [0.2, 0.25) is 0 Å². The molecule has 1 aliphatic heterocycles. The molecule has 0 spiro atoms. The quantitative estimate of drug-likeness (QED) is 0.470. The van der Waals surface area contributed by atoms with E-state index in [-0.39, 0.29) is 30.2 Å². The lowest BCUT2D eigenvalue weighted by atomic mass is 9.96. The van der Waals surface area contributed by atoms with Gasteiger partial charge in [0.05, 0.1) is 17.8 Å². The van der Waals surface area contributed by atoms with Crippen LogP contribution in [-0.2, 0) is 4.79 Å². The number of thiocarbonyl (C=S) groups is 1. The fraction of sp³-hybridized carbons (Fsp3) is 0.346. The maximum atomic E-state index is 13.2. The first kappa shape index (κ1) is 22.5. The molecule has 2 atom stereocenters. The van der Waals surface area contributed by atoms with Gasteiger partial charge in [0.2, 0.25) is 5.91 Å². The molecule has 5 rings (SSSR count). The number of rotatable bonds is 7. The van der Waals surface area contributed by atoms with Crippen LogP contribution in [0.15, 0.2) is 54.7 Å². The highest BCUT2D eigenvalue weighted by atomic mass is 32.1. The number of anilines is 1. The molecule has 1 amide bonds. The van der Waals surface area contributed by atoms with E-state index in [1.165, 1.54) is 41.9 Å². The molecule has 1 aliphatic carbocycles. The molecule has 2 fully saturated rings. The summed E-state index contributed by atoms with van der Waals surface area (Å²) in [6.45, 7) is 4.79. The number of hydrogen-bond donors (Lipinski definition) is 2. The molecule has 1 saturated carbocycles. The highest BCUT2D eigenvalue weighted by Gasteiger charge is 2.42. The summed E-state index contributed by atoms with van der Waals surface area (Å²) in [7, 11) is 0. The van der Waals surface area contributed by atoms with E-state index in [4.69, 9.17) is 12.2 Å². The Labute approximate surface area is 204 Å². The van der Waals surface area contributed by atoms with Crippen molar-refractivity contribution in [3.63, 3.8) is 0 Å². The Morgan fingerprint density at radius 3 is 2.65 bits per heavy atom. The molecule has 176 valence electrons. The monoisotopic (exact) mass is 477 g/mol. The predicted molar refractivity (Wildman–Crippen MR) is 134 cm³/mol. The zero-order chi connectivity index (χ0) is 23.8. The van der Waals surface area contributed by atoms with Gasteiger partial charge in [-0.05, 0) is 86.9 Å². The van der Waals surface area contributed by atoms with Gasteiger partial charge in [-0.25, -0.2) is 4.39 Å². The molecule has 1 aromatic carbocycles. The van der Waals surface area contributed by atoms with Crippen molar-refractivity contribution in [1.82, 2.24) is 19.8 Å². The molecular weight excluding hydrogens is 449 g/mol. The van der Waals surface area contributed by atoms with E-state index in [9.17, 15) is 9.18 Å². The number of aryl methyl sites for hydroxylation is 1. The number of amides is 1. The summed E-state index contributed by atoms with van der Waals surface area (Å²) in [6, 6.07) is 14.3. The van der Waals surface area contributed by atoms with Crippen molar-refractivity contribution in [3.8, 4) is 0 Å². The molecule has 1 saturated heterocycles. The SMILES string of the molecule is Cc1cc([C@@H]2[C@@H](c3ccccn3)NC(=S)N2CCC(=O)Nc2ccc(F)cc2)c(C)n1C1CC1. The van der Waals surface area contributed by atoms with Gasteiger partial charge in [0, 0.05) is 42.3 Å². The Bertz CT molecular complexity index is 1210. The number of nitrogens with zero attached hydrogens (tertiary/aromatic N) is 3. The molecule has 2 aromatic heterocycles. The zero-order valence-electron chi connectivity index (χ0n) is 19.3. The van der Waals surface area contributed by atoms with Crippen LogP contribution in [0.25, 0.3) is 0 Å². The summed E-state index contributed by atoms with van der Waals surface area (Å²) in [5.74, 6) is -0.475. The van der Waals surface area contributed by atoms with Crippen molar-refractivity contribution in [2.75, 3.05) is 11.9 Å². The number of aromatic nitrogens is 2.